The van der Waals surface area contributed by atoms with Gasteiger partial charge in [-0.1, -0.05) is 18.2 Å². The number of anilines is 1. The maximum Gasteiger partial charge on any atom is 0.241 e. The fourth-order valence-electron chi connectivity index (χ4n) is 3.76. The molecule has 0 aromatic heterocycles. The Hall–Kier alpha value is -1.88. The summed E-state index contributed by atoms with van der Waals surface area (Å²) in [6.07, 6.45) is 2.80. The number of carbonyl (C=O) groups is 2. The van der Waals surface area contributed by atoms with Gasteiger partial charge in [0.25, 0.3) is 0 Å². The normalized spacial score (nSPS) is 21.1. The first-order valence-electron chi connectivity index (χ1n) is 9.26. The average Bonchev–Trinajstić information content (AvgIpc) is 2.97. The third kappa shape index (κ3) is 4.40. The van der Waals surface area contributed by atoms with E-state index in [1.54, 1.807) is 0 Å². The molecule has 1 aromatic carbocycles. The van der Waals surface area contributed by atoms with Crippen molar-refractivity contribution < 1.29 is 9.59 Å². The van der Waals surface area contributed by atoms with E-state index in [1.165, 1.54) is 5.56 Å². The van der Waals surface area contributed by atoms with Crippen molar-refractivity contribution >= 4 is 17.5 Å². The molecule has 0 aliphatic carbocycles. The highest BCUT2D eigenvalue weighted by atomic mass is 16.2. The van der Waals surface area contributed by atoms with Crippen molar-refractivity contribution in [3.63, 3.8) is 0 Å². The molecule has 3 rings (SSSR count). The highest BCUT2D eigenvalue weighted by molar-refractivity contribution is 5.96. The number of fused-ring (bicyclic) bond motifs is 1. The number of benzene rings is 1. The Balaban J connectivity index is 1.58. The molecule has 0 radical (unpaired) electrons. The third-order valence-corrected chi connectivity index (χ3v) is 4.92. The molecular formula is C20H29N3O2. The lowest BCUT2D eigenvalue weighted by molar-refractivity contribution is -0.129. The van der Waals surface area contributed by atoms with Crippen molar-refractivity contribution in [1.82, 2.24) is 10.2 Å². The Morgan fingerprint density at radius 1 is 1.20 bits per heavy atom. The van der Waals surface area contributed by atoms with Crippen molar-refractivity contribution in [3.8, 4) is 0 Å². The number of likely N-dealkylation sites (tertiary alicyclic amines) is 1. The van der Waals surface area contributed by atoms with Gasteiger partial charge in [-0.05, 0) is 58.2 Å². The number of hydrogen-bond acceptors (Lipinski definition) is 3. The van der Waals surface area contributed by atoms with E-state index in [0.29, 0.717) is 13.1 Å². The number of nitrogens with one attached hydrogen (secondary N) is 1. The smallest absolute Gasteiger partial charge is 0.241 e. The zero-order valence-electron chi connectivity index (χ0n) is 15.5. The van der Waals surface area contributed by atoms with Crippen LogP contribution < -0.4 is 10.2 Å². The molecule has 1 fully saturated rings. The Bertz CT molecular complexity index is 651. The van der Waals surface area contributed by atoms with Crippen LogP contribution in [0.4, 0.5) is 5.69 Å². The maximum atomic E-state index is 12.8. The summed E-state index contributed by atoms with van der Waals surface area (Å²) in [6, 6.07) is 8.13. The summed E-state index contributed by atoms with van der Waals surface area (Å²) in [7, 11) is 0. The van der Waals surface area contributed by atoms with Gasteiger partial charge >= 0.3 is 0 Å². The SMILES string of the molecule is CC(C)(C)NC(=O)C1CCCN(CC(=O)N2CCc3ccccc32)C1. The fraction of sp³-hybridized carbons (Fsp3) is 0.600. The summed E-state index contributed by atoms with van der Waals surface area (Å²) in [5, 5.41) is 3.07. The Labute approximate surface area is 150 Å². The Kier molecular flexibility index (Phi) is 5.13. The number of amides is 2. The molecule has 2 amide bonds. The van der Waals surface area contributed by atoms with E-state index < -0.39 is 0 Å². The molecule has 1 saturated heterocycles. The largest absolute Gasteiger partial charge is 0.351 e. The van der Waals surface area contributed by atoms with Crippen molar-refractivity contribution in [2.75, 3.05) is 31.1 Å². The summed E-state index contributed by atoms with van der Waals surface area (Å²) in [5.74, 6) is 0.227. The molecule has 0 saturated carbocycles. The van der Waals surface area contributed by atoms with Gasteiger partial charge in [0.15, 0.2) is 0 Å². The first kappa shape index (κ1) is 17.9. The highest BCUT2D eigenvalue weighted by Crippen LogP contribution is 2.28. The van der Waals surface area contributed by atoms with Crippen LogP contribution in [0.3, 0.4) is 0 Å². The molecular weight excluding hydrogens is 314 g/mol. The number of para-hydroxylation sites is 1. The van der Waals surface area contributed by atoms with Gasteiger partial charge in [-0.3, -0.25) is 14.5 Å². The lowest BCUT2D eigenvalue weighted by Gasteiger charge is -2.34. The first-order valence-corrected chi connectivity index (χ1v) is 9.26. The molecule has 5 heteroatoms. The van der Waals surface area contributed by atoms with Gasteiger partial charge in [0, 0.05) is 24.3 Å². The van der Waals surface area contributed by atoms with E-state index in [2.05, 4.69) is 16.3 Å². The van der Waals surface area contributed by atoms with Crippen LogP contribution in [0.25, 0.3) is 0 Å². The van der Waals surface area contributed by atoms with E-state index in [-0.39, 0.29) is 23.3 Å². The average molecular weight is 343 g/mol. The highest BCUT2D eigenvalue weighted by Gasteiger charge is 2.31. The first-order chi connectivity index (χ1) is 11.8. The predicted molar refractivity (Wildman–Crippen MR) is 99.6 cm³/mol. The van der Waals surface area contributed by atoms with Crippen LogP contribution in [0.15, 0.2) is 24.3 Å². The minimum Gasteiger partial charge on any atom is -0.351 e. The van der Waals surface area contributed by atoms with Crippen molar-refractivity contribution in [2.24, 2.45) is 5.92 Å². The molecule has 0 spiro atoms. The van der Waals surface area contributed by atoms with Crippen molar-refractivity contribution in [2.45, 2.75) is 45.6 Å². The van der Waals surface area contributed by atoms with Gasteiger partial charge in [-0.25, -0.2) is 0 Å². The molecule has 136 valence electrons. The van der Waals surface area contributed by atoms with Gasteiger partial charge in [0.05, 0.1) is 12.5 Å². The van der Waals surface area contributed by atoms with Gasteiger partial charge in [0.2, 0.25) is 11.8 Å². The number of nitrogens with zero attached hydrogens (tertiary/aromatic N) is 2. The van der Waals surface area contributed by atoms with Crippen LogP contribution in [0, 0.1) is 5.92 Å². The van der Waals surface area contributed by atoms with Crippen LogP contribution in [0.2, 0.25) is 0 Å². The Morgan fingerprint density at radius 3 is 2.72 bits per heavy atom. The van der Waals surface area contributed by atoms with Crippen LogP contribution in [0.5, 0.6) is 0 Å². The molecule has 1 N–H and O–H groups in total. The van der Waals surface area contributed by atoms with Gasteiger partial charge < -0.3 is 10.2 Å². The van der Waals surface area contributed by atoms with Crippen LogP contribution in [0.1, 0.15) is 39.2 Å². The topological polar surface area (TPSA) is 52.7 Å². The van der Waals surface area contributed by atoms with E-state index >= 15 is 0 Å². The fourth-order valence-corrected chi connectivity index (χ4v) is 3.76. The van der Waals surface area contributed by atoms with Gasteiger partial charge in [-0.15, -0.1) is 0 Å². The van der Waals surface area contributed by atoms with Crippen molar-refractivity contribution in [3.05, 3.63) is 29.8 Å². The molecule has 2 aliphatic heterocycles. The quantitative estimate of drug-likeness (QED) is 0.915. The number of hydrogen-bond donors (Lipinski definition) is 1. The summed E-state index contributed by atoms with van der Waals surface area (Å²) >= 11 is 0. The molecule has 25 heavy (non-hydrogen) atoms. The molecule has 0 bridgehead atoms. The lowest BCUT2D eigenvalue weighted by Crippen LogP contribution is -2.50. The Morgan fingerprint density at radius 2 is 1.96 bits per heavy atom. The second-order valence-electron chi connectivity index (χ2n) is 8.24. The van der Waals surface area contributed by atoms with E-state index in [1.807, 2.05) is 43.9 Å². The van der Waals surface area contributed by atoms with Crippen LogP contribution in [-0.2, 0) is 16.0 Å². The van der Waals surface area contributed by atoms with Crippen LogP contribution in [-0.4, -0.2) is 48.4 Å². The molecule has 1 unspecified atom stereocenters. The summed E-state index contributed by atoms with van der Waals surface area (Å²) in [5.41, 5.74) is 2.08. The third-order valence-electron chi connectivity index (χ3n) is 4.92. The molecule has 1 atom stereocenters. The second-order valence-corrected chi connectivity index (χ2v) is 8.24. The monoisotopic (exact) mass is 343 g/mol. The molecule has 2 heterocycles. The molecule has 2 aliphatic rings. The number of rotatable bonds is 3. The maximum absolute atomic E-state index is 12.8. The standard InChI is InChI=1S/C20H29N3O2/c1-20(2,3)21-19(25)16-8-6-11-22(13-16)14-18(24)23-12-10-15-7-4-5-9-17(15)23/h4-5,7,9,16H,6,8,10-14H2,1-3H3,(H,21,25). The summed E-state index contributed by atoms with van der Waals surface area (Å²) < 4.78 is 0. The molecule has 1 aromatic rings. The minimum atomic E-state index is -0.214. The zero-order valence-corrected chi connectivity index (χ0v) is 15.5. The van der Waals surface area contributed by atoms with E-state index in [9.17, 15) is 9.59 Å². The lowest BCUT2D eigenvalue weighted by atomic mass is 9.95. The summed E-state index contributed by atoms with van der Waals surface area (Å²) in [6.45, 7) is 8.72. The zero-order chi connectivity index (χ0) is 18.0. The number of piperidine rings is 1. The minimum absolute atomic E-state index is 0.0216. The van der Waals surface area contributed by atoms with Crippen LogP contribution >= 0.6 is 0 Å². The van der Waals surface area contributed by atoms with Gasteiger partial charge in [0.1, 0.15) is 0 Å². The van der Waals surface area contributed by atoms with Gasteiger partial charge in [-0.2, -0.15) is 0 Å². The number of carbonyl (C=O) groups excluding carboxylic acids is 2. The van der Waals surface area contributed by atoms with E-state index in [4.69, 9.17) is 0 Å². The van der Waals surface area contributed by atoms with Crippen molar-refractivity contribution in [1.29, 1.82) is 0 Å². The summed E-state index contributed by atoms with van der Waals surface area (Å²) in [4.78, 5) is 29.2. The predicted octanol–water partition coefficient (Wildman–Crippen LogP) is 2.20. The molecule has 5 nitrogen and oxygen atoms in total. The van der Waals surface area contributed by atoms with E-state index in [0.717, 1.165) is 38.0 Å². The second kappa shape index (κ2) is 7.16.